The fourth-order valence-electron chi connectivity index (χ4n) is 2.09. The number of rotatable bonds is 10. The van der Waals surface area contributed by atoms with Gasteiger partial charge in [-0.1, -0.05) is 0 Å². The van der Waals surface area contributed by atoms with Crippen molar-refractivity contribution in [3.63, 3.8) is 0 Å². The highest BCUT2D eigenvalue weighted by Crippen LogP contribution is 2.18. The molecule has 2 unspecified atom stereocenters. The predicted molar refractivity (Wildman–Crippen MR) is 72.3 cm³/mol. The first-order valence-electron chi connectivity index (χ1n) is 6.51. The largest absolute Gasteiger partial charge is 0.544 e. The molecule has 2 atom stereocenters. The Hall–Kier alpha value is -0.473. The van der Waals surface area contributed by atoms with Gasteiger partial charge in [-0.2, -0.15) is 0 Å². The quantitative estimate of drug-likeness (QED) is 0.414. The van der Waals surface area contributed by atoms with E-state index in [4.69, 9.17) is 13.3 Å². The van der Waals surface area contributed by atoms with Crippen molar-refractivity contribution in [2.75, 3.05) is 41.5 Å². The molecule has 0 aromatic rings. The molecule has 0 aromatic carbocycles. The number of carbonyl (C=O) groups excluding carboxylic acids is 1. The lowest BCUT2D eigenvalue weighted by Gasteiger charge is -2.40. The number of carboxylic acid groups (broad SMARTS) is 1. The second kappa shape index (κ2) is 7.96. The van der Waals surface area contributed by atoms with Crippen LogP contribution in [-0.2, 0) is 18.1 Å². The average Bonchev–Trinajstić information content (AvgIpc) is 2.43. The van der Waals surface area contributed by atoms with Crippen molar-refractivity contribution < 1.29 is 27.7 Å². The molecule has 0 spiro atoms. The van der Waals surface area contributed by atoms with Crippen molar-refractivity contribution in [3.8, 4) is 0 Å². The van der Waals surface area contributed by atoms with E-state index in [9.17, 15) is 9.90 Å². The van der Waals surface area contributed by atoms with Crippen LogP contribution in [-0.4, -0.2) is 66.8 Å². The van der Waals surface area contributed by atoms with Crippen molar-refractivity contribution >= 4 is 14.8 Å². The van der Waals surface area contributed by atoms with Gasteiger partial charge >= 0.3 is 8.80 Å². The summed E-state index contributed by atoms with van der Waals surface area (Å²) in [6.45, 7) is 5.12. The van der Waals surface area contributed by atoms with Crippen molar-refractivity contribution in [1.29, 1.82) is 0 Å². The number of carboxylic acids is 1. The van der Waals surface area contributed by atoms with E-state index in [0.29, 0.717) is 10.5 Å². The molecule has 6 nitrogen and oxygen atoms in total. The Labute approximate surface area is 117 Å². The summed E-state index contributed by atoms with van der Waals surface area (Å²) in [5, 5.41) is 11.0. The summed E-state index contributed by atoms with van der Waals surface area (Å²) in [6, 6.07) is 0.137. The van der Waals surface area contributed by atoms with Gasteiger partial charge in [0, 0.05) is 33.8 Å². The van der Waals surface area contributed by atoms with Gasteiger partial charge in [-0.25, -0.2) is 0 Å². The van der Waals surface area contributed by atoms with Crippen LogP contribution >= 0.6 is 0 Å². The molecule has 0 bridgehead atoms. The summed E-state index contributed by atoms with van der Waals surface area (Å²) in [6.07, 6.45) is 0.781. The summed E-state index contributed by atoms with van der Waals surface area (Å²) in [4.78, 5) is 11.0. The molecular formula is C12H27NO5Si. The third-order valence-corrected chi connectivity index (χ3v) is 6.92. The van der Waals surface area contributed by atoms with Crippen LogP contribution in [0.2, 0.25) is 6.04 Å². The Morgan fingerprint density at radius 1 is 1.26 bits per heavy atom. The third kappa shape index (κ3) is 4.85. The SMILES string of the molecule is CC[N+](C)(CCC[Si](OC)(OC)OC)C(C)C(=O)[O-]. The van der Waals surface area contributed by atoms with Crippen LogP contribution in [0.3, 0.4) is 0 Å². The van der Waals surface area contributed by atoms with E-state index in [-0.39, 0.29) is 0 Å². The summed E-state index contributed by atoms with van der Waals surface area (Å²) < 4.78 is 16.5. The Balaban J connectivity index is 4.55. The van der Waals surface area contributed by atoms with Crippen LogP contribution in [0, 0.1) is 0 Å². The van der Waals surface area contributed by atoms with Crippen LogP contribution in [0.1, 0.15) is 20.3 Å². The minimum Gasteiger partial charge on any atom is -0.544 e. The highest BCUT2D eigenvalue weighted by atomic mass is 28.4. The van der Waals surface area contributed by atoms with Gasteiger partial charge in [-0.05, 0) is 13.8 Å². The minimum absolute atomic E-state index is 0.434. The Bertz CT molecular complexity index is 277. The first kappa shape index (κ1) is 18.5. The summed E-state index contributed by atoms with van der Waals surface area (Å²) >= 11 is 0. The number of likely N-dealkylation sites (N-methyl/N-ethyl adjacent to an activating group) is 1. The van der Waals surface area contributed by atoms with Gasteiger partial charge in [-0.3, -0.25) is 0 Å². The summed E-state index contributed by atoms with van der Waals surface area (Å²) in [7, 11) is 4.10. The molecule has 0 rings (SSSR count). The molecule has 0 saturated heterocycles. The van der Waals surface area contributed by atoms with Crippen molar-refractivity contribution in [3.05, 3.63) is 0 Å². The first-order valence-corrected chi connectivity index (χ1v) is 8.44. The zero-order chi connectivity index (χ0) is 15.1. The van der Waals surface area contributed by atoms with Crippen molar-refractivity contribution in [2.24, 2.45) is 0 Å². The van der Waals surface area contributed by atoms with Gasteiger partial charge in [0.1, 0.15) is 6.04 Å². The van der Waals surface area contributed by atoms with Crippen LogP contribution in [0.5, 0.6) is 0 Å². The molecule has 0 aliphatic heterocycles. The molecule has 0 saturated carbocycles. The molecule has 0 radical (unpaired) electrons. The molecular weight excluding hydrogens is 266 g/mol. The van der Waals surface area contributed by atoms with Gasteiger partial charge in [-0.15, -0.1) is 0 Å². The zero-order valence-electron chi connectivity index (χ0n) is 12.9. The Morgan fingerprint density at radius 3 is 2.05 bits per heavy atom. The molecule has 0 amide bonds. The third-order valence-electron chi connectivity index (χ3n) is 4.08. The van der Waals surface area contributed by atoms with E-state index in [1.165, 1.54) is 0 Å². The van der Waals surface area contributed by atoms with Gasteiger partial charge in [0.15, 0.2) is 0 Å². The van der Waals surface area contributed by atoms with Crippen molar-refractivity contribution in [1.82, 2.24) is 0 Å². The van der Waals surface area contributed by atoms with Crippen molar-refractivity contribution in [2.45, 2.75) is 32.4 Å². The van der Waals surface area contributed by atoms with Crippen LogP contribution in [0.25, 0.3) is 0 Å². The Kier molecular flexibility index (Phi) is 7.76. The molecule has 0 fully saturated rings. The van der Waals surface area contributed by atoms with Crippen LogP contribution < -0.4 is 5.11 Å². The molecule has 19 heavy (non-hydrogen) atoms. The van der Waals surface area contributed by atoms with Gasteiger partial charge in [0.25, 0.3) is 0 Å². The second-order valence-corrected chi connectivity index (χ2v) is 8.00. The molecule has 0 aliphatic carbocycles. The monoisotopic (exact) mass is 293 g/mol. The van der Waals surface area contributed by atoms with Gasteiger partial charge < -0.3 is 27.7 Å². The van der Waals surface area contributed by atoms with E-state index >= 15 is 0 Å². The number of hydrogen-bond acceptors (Lipinski definition) is 5. The fraction of sp³-hybridized carbons (Fsp3) is 0.917. The van der Waals surface area contributed by atoms with E-state index in [0.717, 1.165) is 19.5 Å². The highest BCUT2D eigenvalue weighted by Gasteiger charge is 2.38. The smallest absolute Gasteiger partial charge is 0.500 e. The highest BCUT2D eigenvalue weighted by molar-refractivity contribution is 6.60. The Morgan fingerprint density at radius 2 is 1.74 bits per heavy atom. The van der Waals surface area contributed by atoms with Gasteiger partial charge in [0.05, 0.1) is 26.1 Å². The number of nitrogens with zero attached hydrogens (tertiary/aromatic N) is 1. The number of aliphatic carboxylic acids is 1. The fourth-order valence-corrected chi connectivity index (χ4v) is 3.80. The average molecular weight is 293 g/mol. The zero-order valence-corrected chi connectivity index (χ0v) is 13.9. The maximum absolute atomic E-state index is 11.0. The molecule has 114 valence electrons. The molecule has 0 aromatic heterocycles. The van der Waals surface area contributed by atoms with E-state index in [2.05, 4.69) is 0 Å². The standard InChI is InChI=1S/C12H27NO5Si/c1-7-13(3,11(2)12(14)15)9-8-10-19(16-4,17-5)18-6/h11H,7-10H2,1-6H3. The van der Waals surface area contributed by atoms with E-state index in [1.807, 2.05) is 14.0 Å². The summed E-state index contributed by atoms with van der Waals surface area (Å²) in [5.74, 6) is -1.02. The maximum Gasteiger partial charge on any atom is 0.500 e. The lowest BCUT2D eigenvalue weighted by molar-refractivity contribution is -0.923. The lowest BCUT2D eigenvalue weighted by Crippen LogP contribution is -2.58. The molecule has 0 N–H and O–H groups in total. The van der Waals surface area contributed by atoms with Crippen LogP contribution in [0.15, 0.2) is 0 Å². The lowest BCUT2D eigenvalue weighted by atomic mass is 10.2. The molecule has 0 aliphatic rings. The number of quaternary nitrogens is 1. The second-order valence-electron chi connectivity index (χ2n) is 4.91. The van der Waals surface area contributed by atoms with E-state index < -0.39 is 20.8 Å². The molecule has 0 heterocycles. The summed E-state index contributed by atoms with van der Waals surface area (Å²) in [5.41, 5.74) is 0. The van der Waals surface area contributed by atoms with E-state index in [1.54, 1.807) is 28.3 Å². The topological polar surface area (TPSA) is 67.8 Å². The molecule has 7 heteroatoms. The van der Waals surface area contributed by atoms with Crippen LogP contribution in [0.4, 0.5) is 0 Å². The number of carbonyl (C=O) groups is 1. The predicted octanol–water partition coefficient (Wildman–Crippen LogP) is -0.140. The normalized spacial score (nSPS) is 16.9. The first-order chi connectivity index (χ1) is 8.80. The minimum atomic E-state index is -2.56. The maximum atomic E-state index is 11.0. The van der Waals surface area contributed by atoms with Gasteiger partial charge in [0.2, 0.25) is 0 Å². The number of hydrogen-bond donors (Lipinski definition) is 0.